The Balaban J connectivity index is 1.54. The number of thioether (sulfide) groups is 1. The molecular formula is C25H22FN3O2S. The Morgan fingerprint density at radius 3 is 2.69 bits per heavy atom. The Morgan fingerprint density at radius 1 is 1.09 bits per heavy atom. The molecule has 0 bridgehead atoms. The molecule has 5 rings (SSSR count). The molecule has 1 spiro atoms. The molecule has 0 aliphatic carbocycles. The fraction of sp³-hybridized carbons (Fsp3) is 0.200. The predicted molar refractivity (Wildman–Crippen MR) is 125 cm³/mol. The van der Waals surface area contributed by atoms with E-state index in [1.807, 2.05) is 49.4 Å². The molecule has 1 N–H and O–H groups in total. The lowest BCUT2D eigenvalue weighted by molar-refractivity contribution is -0.123. The van der Waals surface area contributed by atoms with Crippen LogP contribution in [0.1, 0.15) is 16.7 Å². The number of benzene rings is 3. The summed E-state index contributed by atoms with van der Waals surface area (Å²) in [7, 11) is 0. The van der Waals surface area contributed by atoms with Gasteiger partial charge in [0.15, 0.2) is 4.87 Å². The number of urea groups is 1. The molecule has 3 aromatic carbocycles. The minimum absolute atomic E-state index is 0.217. The zero-order valence-electron chi connectivity index (χ0n) is 17.5. The Bertz CT molecular complexity index is 1200. The van der Waals surface area contributed by atoms with Crippen LogP contribution in [0.2, 0.25) is 0 Å². The Labute approximate surface area is 190 Å². The van der Waals surface area contributed by atoms with E-state index in [1.54, 1.807) is 28.0 Å². The largest absolute Gasteiger partial charge is 0.323 e. The van der Waals surface area contributed by atoms with E-state index in [0.29, 0.717) is 35.8 Å². The molecule has 2 aliphatic rings. The summed E-state index contributed by atoms with van der Waals surface area (Å²) in [5, 5.41) is 2.88. The van der Waals surface area contributed by atoms with Gasteiger partial charge >= 0.3 is 6.03 Å². The normalized spacial score (nSPS) is 19.5. The van der Waals surface area contributed by atoms with Gasteiger partial charge in [-0.2, -0.15) is 0 Å². The second-order valence-electron chi connectivity index (χ2n) is 7.98. The lowest BCUT2D eigenvalue weighted by Crippen LogP contribution is -2.51. The van der Waals surface area contributed by atoms with E-state index in [9.17, 15) is 14.0 Å². The number of halogens is 1. The molecule has 0 radical (unpaired) electrons. The SMILES string of the molecule is Cc1cccc(CN2C(=O)[C@]3(SCCN3C(=O)Nc3ccccc3)c3cc(F)ccc32)c1. The first kappa shape index (κ1) is 20.6. The molecule has 2 heterocycles. The molecule has 5 nitrogen and oxygen atoms in total. The van der Waals surface area contributed by atoms with E-state index in [2.05, 4.69) is 5.32 Å². The summed E-state index contributed by atoms with van der Waals surface area (Å²) in [4.78, 5) is 29.1. The Hall–Kier alpha value is -3.32. The summed E-state index contributed by atoms with van der Waals surface area (Å²) in [5.41, 5.74) is 3.90. The number of carbonyl (C=O) groups is 2. The summed E-state index contributed by atoms with van der Waals surface area (Å²) in [6.07, 6.45) is 0. The molecule has 1 atom stereocenters. The van der Waals surface area contributed by atoms with Crippen molar-refractivity contribution in [2.45, 2.75) is 18.3 Å². The first-order chi connectivity index (χ1) is 15.5. The zero-order chi connectivity index (χ0) is 22.3. The van der Waals surface area contributed by atoms with Crippen LogP contribution in [0, 0.1) is 12.7 Å². The van der Waals surface area contributed by atoms with Crippen molar-refractivity contribution in [3.8, 4) is 0 Å². The fourth-order valence-electron chi connectivity index (χ4n) is 4.45. The van der Waals surface area contributed by atoms with Gasteiger partial charge in [0.05, 0.1) is 12.2 Å². The molecule has 162 valence electrons. The molecule has 0 aromatic heterocycles. The number of anilines is 2. The van der Waals surface area contributed by atoms with Gasteiger partial charge in [-0.25, -0.2) is 9.18 Å². The third kappa shape index (κ3) is 3.33. The van der Waals surface area contributed by atoms with Crippen molar-refractivity contribution in [3.05, 3.63) is 95.3 Å². The second kappa shape index (κ2) is 7.98. The molecule has 0 saturated carbocycles. The highest BCUT2D eigenvalue weighted by molar-refractivity contribution is 8.01. The van der Waals surface area contributed by atoms with Crippen LogP contribution in [0.15, 0.2) is 72.8 Å². The number of carbonyl (C=O) groups excluding carboxylic acids is 2. The number of aryl methyl sites for hydroxylation is 1. The fourth-order valence-corrected chi connectivity index (χ4v) is 5.90. The second-order valence-corrected chi connectivity index (χ2v) is 9.27. The smallest absolute Gasteiger partial charge is 0.308 e. The first-order valence-corrected chi connectivity index (χ1v) is 11.4. The number of amides is 3. The van der Waals surface area contributed by atoms with E-state index in [1.165, 1.54) is 23.9 Å². The number of hydrogen-bond acceptors (Lipinski definition) is 3. The average molecular weight is 448 g/mol. The van der Waals surface area contributed by atoms with Crippen LogP contribution >= 0.6 is 11.8 Å². The summed E-state index contributed by atoms with van der Waals surface area (Å²) in [6, 6.07) is 21.1. The molecule has 3 amide bonds. The number of para-hydroxylation sites is 1. The quantitative estimate of drug-likeness (QED) is 0.607. The molecule has 32 heavy (non-hydrogen) atoms. The van der Waals surface area contributed by atoms with Gasteiger partial charge in [-0.05, 0) is 42.8 Å². The number of fused-ring (bicyclic) bond motifs is 2. The van der Waals surface area contributed by atoms with E-state index in [4.69, 9.17) is 0 Å². The summed E-state index contributed by atoms with van der Waals surface area (Å²) in [6.45, 7) is 2.75. The highest BCUT2D eigenvalue weighted by Gasteiger charge is 2.59. The Kier molecular flexibility index (Phi) is 5.13. The lowest BCUT2D eigenvalue weighted by atomic mass is 10.1. The third-order valence-corrected chi connectivity index (χ3v) is 7.27. The molecule has 2 aliphatic heterocycles. The Morgan fingerprint density at radius 2 is 1.91 bits per heavy atom. The van der Waals surface area contributed by atoms with Crippen LogP contribution < -0.4 is 10.2 Å². The molecular weight excluding hydrogens is 425 g/mol. The molecule has 3 aromatic rings. The highest BCUT2D eigenvalue weighted by atomic mass is 32.2. The van der Waals surface area contributed by atoms with Crippen molar-refractivity contribution >= 4 is 35.1 Å². The molecule has 0 unspecified atom stereocenters. The number of hydrogen-bond donors (Lipinski definition) is 1. The minimum atomic E-state index is -1.28. The van der Waals surface area contributed by atoms with Crippen LogP contribution in [-0.2, 0) is 16.2 Å². The van der Waals surface area contributed by atoms with Crippen molar-refractivity contribution in [2.24, 2.45) is 0 Å². The van der Waals surface area contributed by atoms with Gasteiger partial charge in [-0.15, -0.1) is 11.8 Å². The van der Waals surface area contributed by atoms with E-state index >= 15 is 0 Å². The third-order valence-electron chi connectivity index (χ3n) is 5.85. The average Bonchev–Trinajstić information content (AvgIpc) is 3.32. The van der Waals surface area contributed by atoms with Crippen LogP contribution in [0.4, 0.5) is 20.6 Å². The van der Waals surface area contributed by atoms with Crippen molar-refractivity contribution in [2.75, 3.05) is 22.5 Å². The predicted octanol–water partition coefficient (Wildman–Crippen LogP) is 5.11. The van der Waals surface area contributed by atoms with Crippen LogP contribution in [0.25, 0.3) is 0 Å². The minimum Gasteiger partial charge on any atom is -0.308 e. The molecule has 1 saturated heterocycles. The topological polar surface area (TPSA) is 52.7 Å². The molecule has 1 fully saturated rings. The first-order valence-electron chi connectivity index (χ1n) is 10.4. The van der Waals surface area contributed by atoms with Gasteiger partial charge < -0.3 is 10.2 Å². The van der Waals surface area contributed by atoms with Crippen LogP contribution in [0.5, 0.6) is 0 Å². The van der Waals surface area contributed by atoms with Crippen molar-refractivity contribution in [3.63, 3.8) is 0 Å². The monoisotopic (exact) mass is 447 g/mol. The maximum absolute atomic E-state index is 14.3. The van der Waals surface area contributed by atoms with Gasteiger partial charge in [-0.1, -0.05) is 48.0 Å². The van der Waals surface area contributed by atoms with Crippen molar-refractivity contribution in [1.82, 2.24) is 4.90 Å². The lowest BCUT2D eigenvalue weighted by Gasteiger charge is -2.33. The van der Waals surface area contributed by atoms with Gasteiger partial charge in [0.2, 0.25) is 0 Å². The zero-order valence-corrected chi connectivity index (χ0v) is 18.4. The molecule has 7 heteroatoms. The van der Waals surface area contributed by atoms with Gasteiger partial charge in [0.1, 0.15) is 5.82 Å². The highest BCUT2D eigenvalue weighted by Crippen LogP contribution is 2.54. The van der Waals surface area contributed by atoms with Crippen molar-refractivity contribution in [1.29, 1.82) is 0 Å². The van der Waals surface area contributed by atoms with Crippen LogP contribution in [0.3, 0.4) is 0 Å². The van der Waals surface area contributed by atoms with Gasteiger partial charge in [0, 0.05) is 23.5 Å². The van der Waals surface area contributed by atoms with E-state index in [0.717, 1.165) is 11.1 Å². The maximum atomic E-state index is 14.3. The van der Waals surface area contributed by atoms with Gasteiger partial charge in [0.25, 0.3) is 5.91 Å². The summed E-state index contributed by atoms with van der Waals surface area (Å²) < 4.78 is 14.3. The summed E-state index contributed by atoms with van der Waals surface area (Å²) in [5.74, 6) is -0.0584. The van der Waals surface area contributed by atoms with E-state index < -0.39 is 10.7 Å². The van der Waals surface area contributed by atoms with Gasteiger partial charge in [-0.3, -0.25) is 9.69 Å². The number of nitrogens with zero attached hydrogens (tertiary/aromatic N) is 2. The maximum Gasteiger partial charge on any atom is 0.323 e. The summed E-state index contributed by atoms with van der Waals surface area (Å²) >= 11 is 1.38. The number of rotatable bonds is 3. The standard InChI is InChI=1S/C25H22FN3O2S/c1-17-6-5-7-18(14-17)16-28-22-11-10-19(26)15-21(22)25(23(28)30)29(12-13-32-25)24(31)27-20-8-3-2-4-9-20/h2-11,14-15H,12-13,16H2,1H3,(H,27,31)/t25-/m1/s1. The number of nitrogens with one attached hydrogen (secondary N) is 1. The van der Waals surface area contributed by atoms with E-state index in [-0.39, 0.29) is 11.9 Å². The van der Waals surface area contributed by atoms with Crippen molar-refractivity contribution < 1.29 is 14.0 Å². The van der Waals surface area contributed by atoms with Crippen LogP contribution in [-0.4, -0.2) is 29.1 Å².